The zero-order valence-electron chi connectivity index (χ0n) is 39.3. The van der Waals surface area contributed by atoms with Gasteiger partial charge in [0, 0.05) is 31.8 Å². The molecule has 3 heterocycles. The molecule has 3 aliphatic rings. The zero-order chi connectivity index (χ0) is 50.6. The van der Waals surface area contributed by atoms with E-state index in [1.807, 2.05) is 0 Å². The quantitative estimate of drug-likeness (QED) is 0.0548. The summed E-state index contributed by atoms with van der Waals surface area (Å²) in [6, 6.07) is -4.99. The van der Waals surface area contributed by atoms with Crippen LogP contribution in [-0.4, -0.2) is 181 Å². The largest absolute Gasteiger partial charge is 0.508 e. The number of nitrogens with zero attached hydrogens (tertiary/aromatic N) is 3. The van der Waals surface area contributed by atoms with Gasteiger partial charge in [0.05, 0.1) is 12.7 Å². The van der Waals surface area contributed by atoms with E-state index >= 15 is 0 Å². The number of hydrogen-bond donors (Lipinski definition) is 11. The second-order valence-electron chi connectivity index (χ2n) is 18.2. The highest BCUT2D eigenvalue weighted by atomic mass is 32.1. The lowest BCUT2D eigenvalue weighted by molar-refractivity contribution is -0.150. The Balaban J connectivity index is 1.42. The van der Waals surface area contributed by atoms with Crippen LogP contribution < -0.4 is 32.3 Å². The molecule has 1 aromatic carbocycles. The normalized spacial score (nSPS) is 21.7. The molecule has 0 saturated carbocycles. The molecule has 1 aromatic rings. The average molecular weight is 976 g/mol. The minimum atomic E-state index is -1.54. The summed E-state index contributed by atoms with van der Waals surface area (Å²) in [4.78, 5) is 126. The van der Waals surface area contributed by atoms with Gasteiger partial charge in [0.1, 0.15) is 60.1 Å². The second kappa shape index (κ2) is 25.2. The molecule has 8 amide bonds. The van der Waals surface area contributed by atoms with Crippen molar-refractivity contribution in [2.45, 2.75) is 146 Å². The van der Waals surface area contributed by atoms with Crippen molar-refractivity contribution in [3.05, 3.63) is 29.8 Å². The van der Waals surface area contributed by atoms with Gasteiger partial charge < -0.3 is 67.4 Å². The van der Waals surface area contributed by atoms with Crippen LogP contribution in [0.3, 0.4) is 0 Å². The number of phenolic OH excluding ortho intramolecular Hbond substituents is 1. The second-order valence-corrected chi connectivity index (χ2v) is 18.6. The van der Waals surface area contributed by atoms with E-state index in [1.165, 1.54) is 45.9 Å². The molecule has 0 radical (unpaired) electrons. The third kappa shape index (κ3) is 13.8. The van der Waals surface area contributed by atoms with Crippen LogP contribution >= 0.6 is 12.6 Å². The molecule has 3 fully saturated rings. The van der Waals surface area contributed by atoms with Gasteiger partial charge >= 0.3 is 5.97 Å². The number of nitrogens with one attached hydrogen (secondary N) is 5. The summed E-state index contributed by atoms with van der Waals surface area (Å²) in [6.45, 7) is 7.91. The molecule has 3 aliphatic heterocycles. The number of carboxylic acid groups (broad SMARTS) is 1. The van der Waals surface area contributed by atoms with Crippen LogP contribution in [0, 0.1) is 11.8 Å². The first-order valence-electron chi connectivity index (χ1n) is 23.2. The summed E-state index contributed by atoms with van der Waals surface area (Å²) in [5, 5.41) is 52.6. The molecule has 0 spiro atoms. The van der Waals surface area contributed by atoms with Crippen molar-refractivity contribution in [3.63, 3.8) is 0 Å². The Hall–Kier alpha value is -5.52. The van der Waals surface area contributed by atoms with Crippen molar-refractivity contribution in [3.8, 4) is 5.75 Å². The smallest absolute Gasteiger partial charge is 0.326 e. The zero-order valence-corrected chi connectivity index (χ0v) is 40.2. The van der Waals surface area contributed by atoms with Gasteiger partial charge in [-0.1, -0.05) is 46.2 Å². The van der Waals surface area contributed by atoms with Crippen LogP contribution in [-0.2, 0) is 49.6 Å². The molecule has 0 bridgehead atoms. The fraction of sp³-hybridized carbons (Fsp3) is 0.667. The fourth-order valence-electron chi connectivity index (χ4n) is 8.71. The van der Waals surface area contributed by atoms with Gasteiger partial charge in [-0.3, -0.25) is 38.4 Å². The average Bonchev–Trinajstić information content (AvgIpc) is 4.12. The molecule has 22 nitrogen and oxygen atoms in total. The van der Waals surface area contributed by atoms with Crippen molar-refractivity contribution in [2.75, 3.05) is 32.0 Å². The Labute approximate surface area is 401 Å². The number of aromatic hydroxyl groups is 1. The van der Waals surface area contributed by atoms with E-state index in [0.29, 0.717) is 31.2 Å². The predicted molar refractivity (Wildman–Crippen MR) is 248 cm³/mol. The molecule has 11 N–H and O–H groups in total. The molecule has 0 aliphatic carbocycles. The first kappa shape index (κ1) is 55.1. The van der Waals surface area contributed by atoms with Crippen LogP contribution in [0.2, 0.25) is 0 Å². The van der Waals surface area contributed by atoms with Crippen LogP contribution in [0.1, 0.15) is 85.1 Å². The Morgan fingerprint density at radius 2 is 1.19 bits per heavy atom. The first-order valence-corrected chi connectivity index (χ1v) is 23.9. The number of aliphatic carboxylic acids is 1. The molecule has 3 saturated heterocycles. The summed E-state index contributed by atoms with van der Waals surface area (Å²) in [5.74, 6) is -7.89. The molecule has 378 valence electrons. The maximum Gasteiger partial charge on any atom is 0.326 e. The van der Waals surface area contributed by atoms with E-state index in [4.69, 9.17) is 5.73 Å². The number of amides is 8. The van der Waals surface area contributed by atoms with Crippen molar-refractivity contribution < 1.29 is 63.6 Å². The van der Waals surface area contributed by atoms with E-state index in [1.54, 1.807) is 27.7 Å². The maximum absolute atomic E-state index is 14.3. The third-order valence-electron chi connectivity index (χ3n) is 12.9. The van der Waals surface area contributed by atoms with Crippen LogP contribution in [0.5, 0.6) is 5.75 Å². The topological polar surface area (TPSA) is 330 Å². The number of carboxylic acids is 1. The van der Waals surface area contributed by atoms with E-state index in [9.17, 15) is 63.6 Å². The number of likely N-dealkylation sites (tertiary alicyclic amines) is 3. The minimum absolute atomic E-state index is 0.00919. The summed E-state index contributed by atoms with van der Waals surface area (Å²) >= 11 is 4.28. The van der Waals surface area contributed by atoms with Crippen molar-refractivity contribution in [2.24, 2.45) is 17.6 Å². The van der Waals surface area contributed by atoms with Gasteiger partial charge in [-0.15, -0.1) is 0 Å². The summed E-state index contributed by atoms with van der Waals surface area (Å²) in [5.41, 5.74) is 6.18. The van der Waals surface area contributed by atoms with Crippen LogP contribution in [0.4, 0.5) is 0 Å². The highest BCUT2D eigenvalue weighted by Gasteiger charge is 2.46. The number of aliphatic hydroxyl groups is 2. The van der Waals surface area contributed by atoms with Gasteiger partial charge in [0.15, 0.2) is 0 Å². The van der Waals surface area contributed by atoms with Crippen molar-refractivity contribution in [1.82, 2.24) is 41.3 Å². The van der Waals surface area contributed by atoms with Crippen molar-refractivity contribution in [1.29, 1.82) is 0 Å². The monoisotopic (exact) mass is 975 g/mol. The first-order chi connectivity index (χ1) is 32.1. The molecule has 0 aromatic heterocycles. The summed E-state index contributed by atoms with van der Waals surface area (Å²) in [6.07, 6.45) is 0.827. The number of aliphatic hydroxyl groups excluding tert-OH is 2. The molecule has 23 heteroatoms. The van der Waals surface area contributed by atoms with Gasteiger partial charge in [-0.05, 0) is 75.0 Å². The SMILES string of the molecule is CC[C@H](C)[C@H](NC(=O)[C@@H](N)CO)C(=O)N[C@@H](CS)C(=O)N1CCC[C@H]1C(=O)N[C@H](C(=O)N1CCC[C@H]1C(=O)N1CCC[C@H]1C(=O)N[C@H](C(=O)N[C@@H](Cc1ccc(O)cc1)C(=O)O)C(C)C)[C@@H](C)O. The molecule has 68 heavy (non-hydrogen) atoms. The minimum Gasteiger partial charge on any atom is -0.508 e. The molecule has 11 atom stereocenters. The Morgan fingerprint density at radius 3 is 1.71 bits per heavy atom. The van der Waals surface area contributed by atoms with E-state index in [0.717, 1.165) is 0 Å². The molecule has 0 unspecified atom stereocenters. The summed E-state index contributed by atoms with van der Waals surface area (Å²) < 4.78 is 0. The van der Waals surface area contributed by atoms with E-state index < -0.39 is 132 Å². The van der Waals surface area contributed by atoms with Crippen LogP contribution in [0.25, 0.3) is 0 Å². The standard InChI is InChI=1S/C45H69N9O13S/c1-6-24(4)35(50-37(58)28(46)21-55)41(62)48-30(22-68)42(63)52-17-7-10-31(52)39(60)51-36(25(5)56)44(65)54-19-9-12-33(54)43(64)53-18-8-11-32(53)38(59)49-34(23(2)3)40(61)47-29(45(66)67)20-26-13-15-27(57)16-14-26/h13-16,23-25,28-36,55-57,68H,6-12,17-22,46H2,1-5H3,(H,47,61)(H,48,62)(H,49,59)(H,50,58)(H,51,60)(H,66,67)/t24-,25+,28-,29-,30-,31-,32-,33-,34-,35-,36-/m0/s1. The lowest BCUT2D eigenvalue weighted by atomic mass is 9.97. The Morgan fingerprint density at radius 1 is 0.691 bits per heavy atom. The number of nitrogens with two attached hydrogens (primary N) is 1. The van der Waals surface area contributed by atoms with Gasteiger partial charge in [-0.25, -0.2) is 4.79 Å². The lowest BCUT2D eigenvalue weighted by Crippen LogP contribution is -2.62. The summed E-state index contributed by atoms with van der Waals surface area (Å²) in [7, 11) is 0. The van der Waals surface area contributed by atoms with Crippen LogP contribution in [0.15, 0.2) is 24.3 Å². The van der Waals surface area contributed by atoms with E-state index in [2.05, 4.69) is 39.2 Å². The molecule has 4 rings (SSSR count). The number of benzene rings is 1. The number of carbonyl (C=O) groups is 9. The molecular formula is C45H69N9O13S. The highest BCUT2D eigenvalue weighted by molar-refractivity contribution is 7.80. The number of thiol groups is 1. The lowest BCUT2D eigenvalue weighted by Gasteiger charge is -2.35. The number of carbonyl (C=O) groups excluding carboxylic acids is 8. The maximum atomic E-state index is 14.3. The van der Waals surface area contributed by atoms with E-state index in [-0.39, 0.29) is 56.8 Å². The Kier molecular flexibility index (Phi) is 20.4. The van der Waals surface area contributed by atoms with Gasteiger partial charge in [-0.2, -0.15) is 12.6 Å². The molecular weight excluding hydrogens is 907 g/mol. The van der Waals surface area contributed by atoms with Gasteiger partial charge in [0.2, 0.25) is 47.3 Å². The third-order valence-corrected chi connectivity index (χ3v) is 13.3. The number of hydrogen-bond acceptors (Lipinski definition) is 14. The van der Waals surface area contributed by atoms with Gasteiger partial charge in [0.25, 0.3) is 0 Å². The fourth-order valence-corrected chi connectivity index (χ4v) is 8.96. The predicted octanol–water partition coefficient (Wildman–Crippen LogP) is -2.25. The Bertz CT molecular complexity index is 1990. The number of phenols is 1. The highest BCUT2D eigenvalue weighted by Crippen LogP contribution is 2.27. The van der Waals surface area contributed by atoms with Crippen molar-refractivity contribution >= 4 is 65.9 Å². The number of rotatable bonds is 22.